The van der Waals surface area contributed by atoms with Gasteiger partial charge in [0, 0.05) is 12.6 Å². The van der Waals surface area contributed by atoms with Gasteiger partial charge in [-0.1, -0.05) is 18.2 Å². The minimum Gasteiger partial charge on any atom is -0.497 e. The van der Waals surface area contributed by atoms with Crippen LogP contribution in [0.5, 0.6) is 11.5 Å². The van der Waals surface area contributed by atoms with Crippen molar-refractivity contribution in [2.24, 2.45) is 0 Å². The molecule has 0 spiro atoms. The van der Waals surface area contributed by atoms with Crippen LogP contribution in [0.25, 0.3) is 0 Å². The summed E-state index contributed by atoms with van der Waals surface area (Å²) < 4.78 is 60.7. The molecule has 2 unspecified atom stereocenters. The SMILES string of the molecule is COc1ccc(OCCNC2CS(=O)(=O)CC2S(=O)(=O)c2ccccc2)cc1. The standard InChI is InChI=1S/C19H23NO6S2/c1-25-15-7-9-16(10-8-15)26-12-11-20-18-13-27(21,22)14-19(18)28(23,24)17-5-3-2-4-6-17/h2-10,18-20H,11-14H2,1H3. The van der Waals surface area contributed by atoms with Gasteiger partial charge in [0.1, 0.15) is 18.1 Å². The molecule has 0 aromatic heterocycles. The van der Waals surface area contributed by atoms with Gasteiger partial charge in [0.15, 0.2) is 19.7 Å². The van der Waals surface area contributed by atoms with Crippen molar-refractivity contribution in [3.8, 4) is 11.5 Å². The fourth-order valence-electron chi connectivity index (χ4n) is 3.18. The molecule has 9 heteroatoms. The predicted octanol–water partition coefficient (Wildman–Crippen LogP) is 1.30. The molecule has 1 saturated heterocycles. The number of benzene rings is 2. The highest BCUT2D eigenvalue weighted by atomic mass is 32.2. The first-order valence-corrected chi connectivity index (χ1v) is 12.2. The van der Waals surface area contributed by atoms with Crippen LogP contribution in [0.1, 0.15) is 0 Å². The lowest BCUT2D eigenvalue weighted by Gasteiger charge is -2.20. The van der Waals surface area contributed by atoms with E-state index >= 15 is 0 Å². The summed E-state index contributed by atoms with van der Waals surface area (Å²) in [7, 11) is -5.60. The van der Waals surface area contributed by atoms with E-state index in [0.29, 0.717) is 12.3 Å². The van der Waals surface area contributed by atoms with Gasteiger partial charge in [0.05, 0.1) is 28.8 Å². The molecule has 0 radical (unpaired) electrons. The Morgan fingerprint density at radius 1 is 1.00 bits per heavy atom. The molecule has 1 aliphatic heterocycles. The Morgan fingerprint density at radius 2 is 1.64 bits per heavy atom. The molecular formula is C19H23NO6S2. The number of rotatable bonds is 8. The second-order valence-electron chi connectivity index (χ2n) is 6.56. The van der Waals surface area contributed by atoms with Crippen LogP contribution in [0.2, 0.25) is 0 Å². The van der Waals surface area contributed by atoms with Crippen LogP contribution in [-0.4, -0.2) is 59.9 Å². The van der Waals surface area contributed by atoms with E-state index in [4.69, 9.17) is 9.47 Å². The van der Waals surface area contributed by atoms with Crippen LogP contribution in [0, 0.1) is 0 Å². The summed E-state index contributed by atoms with van der Waals surface area (Å²) in [6.07, 6.45) is 0. The smallest absolute Gasteiger partial charge is 0.183 e. The van der Waals surface area contributed by atoms with Gasteiger partial charge in [-0.05, 0) is 36.4 Å². The van der Waals surface area contributed by atoms with Gasteiger partial charge in [0.2, 0.25) is 0 Å². The van der Waals surface area contributed by atoms with Crippen molar-refractivity contribution in [3.05, 3.63) is 54.6 Å². The Kier molecular flexibility index (Phi) is 6.26. The molecule has 2 aromatic rings. The first kappa shape index (κ1) is 20.6. The highest BCUT2D eigenvalue weighted by molar-refractivity contribution is 7.96. The zero-order valence-corrected chi connectivity index (χ0v) is 17.1. The number of ether oxygens (including phenoxy) is 2. The van der Waals surface area contributed by atoms with E-state index in [1.54, 1.807) is 49.6 Å². The van der Waals surface area contributed by atoms with Crippen molar-refractivity contribution in [1.82, 2.24) is 5.32 Å². The largest absolute Gasteiger partial charge is 0.497 e. The third-order valence-electron chi connectivity index (χ3n) is 4.61. The summed E-state index contributed by atoms with van der Waals surface area (Å²) in [6, 6.07) is 14.4. The normalized spacial score (nSPS) is 21.3. The van der Waals surface area contributed by atoms with E-state index in [1.807, 2.05) is 0 Å². The van der Waals surface area contributed by atoms with E-state index in [1.165, 1.54) is 12.1 Å². The van der Waals surface area contributed by atoms with Crippen molar-refractivity contribution in [2.45, 2.75) is 16.2 Å². The van der Waals surface area contributed by atoms with Crippen molar-refractivity contribution in [3.63, 3.8) is 0 Å². The average molecular weight is 426 g/mol. The van der Waals surface area contributed by atoms with Crippen LogP contribution in [0.15, 0.2) is 59.5 Å². The molecule has 1 fully saturated rings. The molecule has 7 nitrogen and oxygen atoms in total. The molecule has 0 aliphatic carbocycles. The lowest BCUT2D eigenvalue weighted by atomic mass is 10.2. The first-order chi connectivity index (χ1) is 13.3. The van der Waals surface area contributed by atoms with E-state index in [-0.39, 0.29) is 23.0 Å². The second-order valence-corrected chi connectivity index (χ2v) is 10.9. The summed E-state index contributed by atoms with van der Waals surface area (Å²) in [5.41, 5.74) is 0. The molecule has 28 heavy (non-hydrogen) atoms. The maximum atomic E-state index is 12.9. The Labute approximate surface area is 165 Å². The summed E-state index contributed by atoms with van der Waals surface area (Å²) in [5, 5.41) is 2.03. The van der Waals surface area contributed by atoms with Crippen molar-refractivity contribution in [1.29, 1.82) is 0 Å². The zero-order valence-electron chi connectivity index (χ0n) is 15.4. The maximum absolute atomic E-state index is 12.9. The predicted molar refractivity (Wildman–Crippen MR) is 106 cm³/mol. The van der Waals surface area contributed by atoms with E-state index in [2.05, 4.69) is 5.32 Å². The van der Waals surface area contributed by atoms with Crippen LogP contribution in [0.4, 0.5) is 0 Å². The Balaban J connectivity index is 1.62. The minimum absolute atomic E-state index is 0.137. The molecule has 2 atom stereocenters. The number of methoxy groups -OCH3 is 1. The summed E-state index contributed by atoms with van der Waals surface area (Å²) in [4.78, 5) is 0.137. The maximum Gasteiger partial charge on any atom is 0.183 e. The van der Waals surface area contributed by atoms with Crippen LogP contribution < -0.4 is 14.8 Å². The minimum atomic E-state index is -3.75. The Morgan fingerprint density at radius 3 is 2.29 bits per heavy atom. The van der Waals surface area contributed by atoms with Gasteiger partial charge in [0.25, 0.3) is 0 Å². The Hall–Kier alpha value is -2.10. The first-order valence-electron chi connectivity index (χ1n) is 8.81. The number of sulfone groups is 2. The highest BCUT2D eigenvalue weighted by Gasteiger charge is 2.45. The van der Waals surface area contributed by atoms with Gasteiger partial charge in [-0.15, -0.1) is 0 Å². The summed E-state index contributed by atoms with van der Waals surface area (Å²) >= 11 is 0. The number of hydrogen-bond acceptors (Lipinski definition) is 7. The van der Waals surface area contributed by atoms with Crippen LogP contribution >= 0.6 is 0 Å². The number of hydrogen-bond donors (Lipinski definition) is 1. The molecule has 1 heterocycles. The molecule has 1 N–H and O–H groups in total. The van der Waals surface area contributed by atoms with Gasteiger partial charge in [-0.3, -0.25) is 0 Å². The highest BCUT2D eigenvalue weighted by Crippen LogP contribution is 2.26. The molecular weight excluding hydrogens is 402 g/mol. The van der Waals surface area contributed by atoms with Gasteiger partial charge >= 0.3 is 0 Å². The fraction of sp³-hybridized carbons (Fsp3) is 0.368. The molecule has 1 aliphatic rings. The van der Waals surface area contributed by atoms with Crippen molar-refractivity contribution < 1.29 is 26.3 Å². The zero-order chi connectivity index (χ0) is 20.2. The van der Waals surface area contributed by atoms with Crippen LogP contribution in [-0.2, 0) is 19.7 Å². The second kappa shape index (κ2) is 8.50. The van der Waals surface area contributed by atoms with Crippen LogP contribution in [0.3, 0.4) is 0 Å². The van der Waals surface area contributed by atoms with E-state index < -0.39 is 31.0 Å². The summed E-state index contributed by atoms with van der Waals surface area (Å²) in [6.45, 7) is 0.605. The molecule has 152 valence electrons. The third kappa shape index (κ3) is 4.84. The van der Waals surface area contributed by atoms with Gasteiger partial charge < -0.3 is 14.8 Å². The average Bonchev–Trinajstić information content (AvgIpc) is 3.01. The number of nitrogens with one attached hydrogen (secondary N) is 1. The fourth-order valence-corrected chi connectivity index (χ4v) is 7.92. The van der Waals surface area contributed by atoms with Crippen molar-refractivity contribution >= 4 is 19.7 Å². The molecule has 0 saturated carbocycles. The lowest BCUT2D eigenvalue weighted by molar-refractivity contribution is 0.307. The lowest BCUT2D eigenvalue weighted by Crippen LogP contribution is -2.44. The third-order valence-corrected chi connectivity index (χ3v) is 8.77. The molecule has 3 rings (SSSR count). The van der Waals surface area contributed by atoms with Gasteiger partial charge in [-0.2, -0.15) is 0 Å². The van der Waals surface area contributed by atoms with E-state index in [9.17, 15) is 16.8 Å². The summed E-state index contributed by atoms with van der Waals surface area (Å²) in [5.74, 6) is 0.790. The molecule has 2 aromatic carbocycles. The topological polar surface area (TPSA) is 98.8 Å². The monoisotopic (exact) mass is 425 g/mol. The van der Waals surface area contributed by atoms with E-state index in [0.717, 1.165) is 5.75 Å². The van der Waals surface area contributed by atoms with Gasteiger partial charge in [-0.25, -0.2) is 16.8 Å². The quantitative estimate of drug-likeness (QED) is 0.637. The van der Waals surface area contributed by atoms with Crippen molar-refractivity contribution in [2.75, 3.05) is 31.8 Å². The Bertz CT molecular complexity index is 988. The molecule has 0 bridgehead atoms. The molecule has 0 amide bonds.